The molecule has 5 nitrogen and oxygen atoms in total. The average Bonchev–Trinajstić information content (AvgIpc) is 2.47. The highest BCUT2D eigenvalue weighted by molar-refractivity contribution is 5.91. The molecule has 0 atom stereocenters. The monoisotopic (exact) mass is 266 g/mol. The lowest BCUT2D eigenvalue weighted by Gasteiger charge is -2.07. The van der Waals surface area contributed by atoms with Crippen molar-refractivity contribution in [3.63, 3.8) is 0 Å². The Balaban J connectivity index is 2.39. The van der Waals surface area contributed by atoms with Crippen molar-refractivity contribution in [2.45, 2.75) is 20.3 Å². The lowest BCUT2D eigenvalue weighted by Crippen LogP contribution is -2.11. The van der Waals surface area contributed by atoms with E-state index in [1.165, 1.54) is 0 Å². The molecule has 0 radical (unpaired) electrons. The van der Waals surface area contributed by atoms with Crippen molar-refractivity contribution < 1.29 is 4.79 Å². The normalized spacial score (nSPS) is 9.85. The maximum Gasteiger partial charge on any atom is 0.224 e. The minimum absolute atomic E-state index is 0.145. The van der Waals surface area contributed by atoms with Crippen LogP contribution in [0.3, 0.4) is 0 Å². The Kier molecular flexibility index (Phi) is 4.06. The number of amides is 1. The summed E-state index contributed by atoms with van der Waals surface area (Å²) in [5.74, 6) is -0.145. The van der Waals surface area contributed by atoms with E-state index in [0.717, 1.165) is 11.1 Å². The molecule has 2 heterocycles. The topological polar surface area (TPSA) is 78.7 Å². The molecule has 20 heavy (non-hydrogen) atoms. The number of nitriles is 1. The standard InChI is InChI=1S/C15H14N4O/c1-3-15(20)19-13-5-4-12(18-14(13)7-16)11-6-10(2)8-17-9-11/h4-6,8-9H,3H2,1-2H3,(H,19,20). The first kappa shape index (κ1) is 13.7. The van der Waals surface area contributed by atoms with Crippen LogP contribution >= 0.6 is 0 Å². The van der Waals surface area contributed by atoms with E-state index in [0.29, 0.717) is 17.8 Å². The Morgan fingerprint density at radius 1 is 1.40 bits per heavy atom. The third kappa shape index (κ3) is 2.98. The van der Waals surface area contributed by atoms with Crippen molar-refractivity contribution in [2.75, 3.05) is 5.32 Å². The summed E-state index contributed by atoms with van der Waals surface area (Å²) in [5, 5.41) is 11.8. The largest absolute Gasteiger partial charge is 0.324 e. The average molecular weight is 266 g/mol. The zero-order chi connectivity index (χ0) is 14.5. The smallest absolute Gasteiger partial charge is 0.224 e. The second-order valence-electron chi connectivity index (χ2n) is 4.36. The number of rotatable bonds is 3. The summed E-state index contributed by atoms with van der Waals surface area (Å²) >= 11 is 0. The second kappa shape index (κ2) is 5.93. The second-order valence-corrected chi connectivity index (χ2v) is 4.36. The van der Waals surface area contributed by atoms with Gasteiger partial charge in [0.05, 0.1) is 11.4 Å². The number of carbonyl (C=O) groups is 1. The van der Waals surface area contributed by atoms with Crippen LogP contribution in [0.15, 0.2) is 30.6 Å². The summed E-state index contributed by atoms with van der Waals surface area (Å²) in [6, 6.07) is 7.41. The van der Waals surface area contributed by atoms with Crippen LogP contribution in [-0.4, -0.2) is 15.9 Å². The van der Waals surface area contributed by atoms with Gasteiger partial charge in [0.2, 0.25) is 5.91 Å². The molecule has 2 aromatic heterocycles. The Hall–Kier alpha value is -2.74. The molecule has 2 aromatic rings. The molecule has 0 aliphatic rings. The Bertz CT molecular complexity index is 689. The molecule has 0 saturated carbocycles. The number of nitrogens with zero attached hydrogens (tertiary/aromatic N) is 3. The van der Waals surface area contributed by atoms with Gasteiger partial charge < -0.3 is 5.32 Å². The Morgan fingerprint density at radius 2 is 2.20 bits per heavy atom. The van der Waals surface area contributed by atoms with Gasteiger partial charge in [-0.15, -0.1) is 0 Å². The van der Waals surface area contributed by atoms with Crippen LogP contribution in [0.1, 0.15) is 24.6 Å². The maximum absolute atomic E-state index is 11.4. The van der Waals surface area contributed by atoms with Crippen molar-refractivity contribution in [2.24, 2.45) is 0 Å². The van der Waals surface area contributed by atoms with Gasteiger partial charge in [-0.3, -0.25) is 9.78 Å². The van der Waals surface area contributed by atoms with Crippen LogP contribution in [0.2, 0.25) is 0 Å². The number of carbonyl (C=O) groups excluding carboxylic acids is 1. The predicted octanol–water partition coefficient (Wildman–Crippen LogP) is 2.67. The molecule has 0 saturated heterocycles. The fraction of sp³-hybridized carbons (Fsp3) is 0.200. The summed E-state index contributed by atoms with van der Waals surface area (Å²) < 4.78 is 0. The van der Waals surface area contributed by atoms with Gasteiger partial charge in [-0.05, 0) is 30.7 Å². The minimum atomic E-state index is -0.145. The third-order valence-electron chi connectivity index (χ3n) is 2.77. The van der Waals surface area contributed by atoms with Gasteiger partial charge in [0.15, 0.2) is 5.69 Å². The lowest BCUT2D eigenvalue weighted by atomic mass is 10.1. The van der Waals surface area contributed by atoms with Gasteiger partial charge in [-0.1, -0.05) is 6.92 Å². The van der Waals surface area contributed by atoms with E-state index in [1.807, 2.05) is 19.1 Å². The predicted molar refractivity (Wildman–Crippen MR) is 75.8 cm³/mol. The lowest BCUT2D eigenvalue weighted by molar-refractivity contribution is -0.115. The molecule has 5 heteroatoms. The summed E-state index contributed by atoms with van der Waals surface area (Å²) in [7, 11) is 0. The van der Waals surface area contributed by atoms with Crippen molar-refractivity contribution in [1.82, 2.24) is 9.97 Å². The van der Waals surface area contributed by atoms with Gasteiger partial charge in [0, 0.05) is 24.4 Å². The molecule has 1 amide bonds. The fourth-order valence-electron chi connectivity index (χ4n) is 1.74. The molecular formula is C15H14N4O. The molecule has 1 N–H and O–H groups in total. The van der Waals surface area contributed by atoms with Crippen LogP contribution in [0.5, 0.6) is 0 Å². The quantitative estimate of drug-likeness (QED) is 0.926. The first-order valence-electron chi connectivity index (χ1n) is 6.27. The highest BCUT2D eigenvalue weighted by atomic mass is 16.1. The van der Waals surface area contributed by atoms with E-state index in [9.17, 15) is 4.79 Å². The molecule has 0 aliphatic heterocycles. The number of aryl methyl sites for hydroxylation is 1. The first-order chi connectivity index (χ1) is 9.63. The van der Waals surface area contributed by atoms with Gasteiger partial charge in [-0.25, -0.2) is 4.98 Å². The van der Waals surface area contributed by atoms with Crippen LogP contribution in [0.25, 0.3) is 11.3 Å². The van der Waals surface area contributed by atoms with E-state index in [4.69, 9.17) is 5.26 Å². The molecule has 0 bridgehead atoms. The number of hydrogen-bond donors (Lipinski definition) is 1. The summed E-state index contributed by atoms with van der Waals surface area (Å²) in [6.45, 7) is 3.69. The first-order valence-corrected chi connectivity index (χ1v) is 6.27. The zero-order valence-corrected chi connectivity index (χ0v) is 11.3. The molecule has 0 fully saturated rings. The fourth-order valence-corrected chi connectivity index (χ4v) is 1.74. The highest BCUT2D eigenvalue weighted by Gasteiger charge is 2.09. The molecule has 0 unspecified atom stereocenters. The number of aromatic nitrogens is 2. The van der Waals surface area contributed by atoms with Crippen LogP contribution in [0.4, 0.5) is 5.69 Å². The minimum Gasteiger partial charge on any atom is -0.324 e. The van der Waals surface area contributed by atoms with E-state index in [1.54, 1.807) is 31.5 Å². The van der Waals surface area contributed by atoms with Crippen molar-refractivity contribution in [3.8, 4) is 17.3 Å². The molecule has 0 aromatic carbocycles. The van der Waals surface area contributed by atoms with Crippen molar-refractivity contribution in [3.05, 3.63) is 41.9 Å². The van der Waals surface area contributed by atoms with E-state index in [2.05, 4.69) is 15.3 Å². The van der Waals surface area contributed by atoms with E-state index >= 15 is 0 Å². The molecule has 100 valence electrons. The number of hydrogen-bond acceptors (Lipinski definition) is 4. The van der Waals surface area contributed by atoms with Crippen molar-refractivity contribution >= 4 is 11.6 Å². The highest BCUT2D eigenvalue weighted by Crippen LogP contribution is 2.21. The number of anilines is 1. The Labute approximate surface area is 117 Å². The molecular weight excluding hydrogens is 252 g/mol. The maximum atomic E-state index is 11.4. The third-order valence-corrected chi connectivity index (χ3v) is 2.77. The molecule has 0 aliphatic carbocycles. The van der Waals surface area contributed by atoms with Gasteiger partial charge in [0.1, 0.15) is 6.07 Å². The summed E-state index contributed by atoms with van der Waals surface area (Å²) in [5.41, 5.74) is 3.16. The number of pyridine rings is 2. The zero-order valence-electron chi connectivity index (χ0n) is 11.3. The molecule has 2 rings (SSSR count). The summed E-state index contributed by atoms with van der Waals surface area (Å²) in [4.78, 5) is 19.8. The van der Waals surface area contributed by atoms with E-state index in [-0.39, 0.29) is 11.6 Å². The summed E-state index contributed by atoms with van der Waals surface area (Å²) in [6.07, 6.45) is 3.81. The van der Waals surface area contributed by atoms with Crippen LogP contribution in [0, 0.1) is 18.3 Å². The van der Waals surface area contributed by atoms with E-state index < -0.39 is 0 Å². The van der Waals surface area contributed by atoms with Gasteiger partial charge in [-0.2, -0.15) is 5.26 Å². The Morgan fingerprint density at radius 3 is 2.85 bits per heavy atom. The van der Waals surface area contributed by atoms with Crippen molar-refractivity contribution in [1.29, 1.82) is 5.26 Å². The number of nitrogens with one attached hydrogen (secondary N) is 1. The van der Waals surface area contributed by atoms with Crippen LogP contribution < -0.4 is 5.32 Å². The van der Waals surface area contributed by atoms with Crippen LogP contribution in [-0.2, 0) is 4.79 Å². The van der Waals surface area contributed by atoms with Gasteiger partial charge in [0.25, 0.3) is 0 Å². The van der Waals surface area contributed by atoms with Gasteiger partial charge >= 0.3 is 0 Å². The molecule has 0 spiro atoms. The SMILES string of the molecule is CCC(=O)Nc1ccc(-c2cncc(C)c2)nc1C#N.